The van der Waals surface area contributed by atoms with Gasteiger partial charge in [0, 0.05) is 19.5 Å². The van der Waals surface area contributed by atoms with Gasteiger partial charge in [-0.1, -0.05) is 30.3 Å². The number of nitrogens with zero attached hydrogens (tertiary/aromatic N) is 1. The van der Waals surface area contributed by atoms with Gasteiger partial charge in [-0.15, -0.1) is 0 Å². The van der Waals surface area contributed by atoms with Crippen LogP contribution in [0.1, 0.15) is 25.8 Å². The number of carbonyl (C=O) groups is 2. The Morgan fingerprint density at radius 1 is 1.14 bits per heavy atom. The normalized spacial score (nSPS) is 16.2. The fourth-order valence-corrected chi connectivity index (χ4v) is 3.52. The van der Waals surface area contributed by atoms with Crippen LogP contribution in [0.15, 0.2) is 48.5 Å². The second-order valence-corrected chi connectivity index (χ2v) is 7.39. The molecule has 1 heterocycles. The second kappa shape index (κ2) is 9.45. The molecule has 29 heavy (non-hydrogen) atoms. The molecule has 0 radical (unpaired) electrons. The first-order valence-corrected chi connectivity index (χ1v) is 9.95. The highest BCUT2D eigenvalue weighted by atomic mass is 16.5. The van der Waals surface area contributed by atoms with Crippen LogP contribution in [-0.4, -0.2) is 38.1 Å². The van der Waals surface area contributed by atoms with E-state index in [-0.39, 0.29) is 30.3 Å². The van der Waals surface area contributed by atoms with E-state index in [1.807, 2.05) is 62.4 Å². The molecule has 0 aromatic heterocycles. The van der Waals surface area contributed by atoms with Gasteiger partial charge in [0.25, 0.3) is 0 Å². The zero-order valence-electron chi connectivity index (χ0n) is 17.2. The summed E-state index contributed by atoms with van der Waals surface area (Å²) in [4.78, 5) is 26.9. The van der Waals surface area contributed by atoms with Crippen molar-refractivity contribution in [2.24, 2.45) is 5.92 Å². The van der Waals surface area contributed by atoms with Crippen LogP contribution in [-0.2, 0) is 16.0 Å². The van der Waals surface area contributed by atoms with Crippen LogP contribution in [0.5, 0.6) is 11.5 Å². The Hall–Kier alpha value is -3.02. The van der Waals surface area contributed by atoms with Gasteiger partial charge in [0.2, 0.25) is 11.8 Å². The molecule has 1 aliphatic heterocycles. The molecule has 1 atom stereocenters. The van der Waals surface area contributed by atoms with Crippen molar-refractivity contribution in [1.29, 1.82) is 0 Å². The average Bonchev–Trinajstić information content (AvgIpc) is 3.10. The molecule has 1 aliphatic rings. The minimum atomic E-state index is -0.368. The molecule has 1 unspecified atom stereocenters. The summed E-state index contributed by atoms with van der Waals surface area (Å²) < 4.78 is 11.2. The van der Waals surface area contributed by atoms with E-state index >= 15 is 0 Å². The van der Waals surface area contributed by atoms with E-state index in [0.717, 1.165) is 17.0 Å². The number of nitrogens with one attached hydrogen (secondary N) is 1. The maximum Gasteiger partial charge on any atom is 0.227 e. The lowest BCUT2D eigenvalue weighted by Crippen LogP contribution is -2.34. The van der Waals surface area contributed by atoms with E-state index in [4.69, 9.17) is 9.47 Å². The third-order valence-corrected chi connectivity index (χ3v) is 4.90. The SMILES string of the molecule is COc1ccccc1CCNC(=O)C1CC(=O)N(c2ccccc2OC(C)C)C1. The van der Waals surface area contributed by atoms with Crippen LogP contribution in [0.4, 0.5) is 5.69 Å². The second-order valence-electron chi connectivity index (χ2n) is 7.39. The fourth-order valence-electron chi connectivity index (χ4n) is 3.52. The van der Waals surface area contributed by atoms with Crippen LogP contribution in [0.25, 0.3) is 0 Å². The molecule has 2 aromatic carbocycles. The molecule has 0 aliphatic carbocycles. The number of anilines is 1. The lowest BCUT2D eigenvalue weighted by Gasteiger charge is -2.21. The number of benzene rings is 2. The lowest BCUT2D eigenvalue weighted by molar-refractivity contribution is -0.126. The minimum Gasteiger partial charge on any atom is -0.496 e. The Kier molecular flexibility index (Phi) is 6.75. The molecule has 0 saturated carbocycles. The number of hydrogen-bond acceptors (Lipinski definition) is 4. The van der Waals surface area contributed by atoms with Crippen molar-refractivity contribution in [2.75, 3.05) is 25.1 Å². The summed E-state index contributed by atoms with van der Waals surface area (Å²) in [5, 5.41) is 2.96. The van der Waals surface area contributed by atoms with Gasteiger partial charge in [-0.2, -0.15) is 0 Å². The van der Waals surface area contributed by atoms with E-state index in [9.17, 15) is 9.59 Å². The van der Waals surface area contributed by atoms with E-state index in [1.165, 1.54) is 0 Å². The lowest BCUT2D eigenvalue weighted by atomic mass is 10.1. The predicted molar refractivity (Wildman–Crippen MR) is 112 cm³/mol. The number of ether oxygens (including phenoxy) is 2. The summed E-state index contributed by atoms with van der Waals surface area (Å²) in [7, 11) is 1.64. The maximum atomic E-state index is 12.6. The van der Waals surface area contributed by atoms with Crippen molar-refractivity contribution in [1.82, 2.24) is 5.32 Å². The summed E-state index contributed by atoms with van der Waals surface area (Å²) in [6.45, 7) is 4.75. The number of hydrogen-bond donors (Lipinski definition) is 1. The number of amides is 2. The molecule has 6 heteroatoms. The van der Waals surface area contributed by atoms with E-state index in [1.54, 1.807) is 12.0 Å². The zero-order chi connectivity index (χ0) is 20.8. The molecular formula is C23H28N2O4. The highest BCUT2D eigenvalue weighted by Crippen LogP contribution is 2.33. The maximum absolute atomic E-state index is 12.6. The molecule has 154 valence electrons. The minimum absolute atomic E-state index is 0.00271. The third-order valence-electron chi connectivity index (χ3n) is 4.90. The number of carbonyl (C=O) groups excluding carboxylic acids is 2. The van der Waals surface area contributed by atoms with Gasteiger partial charge in [0.1, 0.15) is 11.5 Å². The number of rotatable bonds is 8. The highest BCUT2D eigenvalue weighted by Gasteiger charge is 2.36. The molecule has 3 rings (SSSR count). The molecule has 2 amide bonds. The fraction of sp³-hybridized carbons (Fsp3) is 0.391. The predicted octanol–water partition coefficient (Wildman–Crippen LogP) is 3.19. The number of methoxy groups -OCH3 is 1. The van der Waals surface area contributed by atoms with E-state index in [2.05, 4.69) is 5.32 Å². The van der Waals surface area contributed by atoms with Crippen molar-refractivity contribution in [3.63, 3.8) is 0 Å². The summed E-state index contributed by atoms with van der Waals surface area (Å²) in [6, 6.07) is 15.2. The van der Waals surface area contributed by atoms with Crippen molar-refractivity contribution >= 4 is 17.5 Å². The Balaban J connectivity index is 1.59. The van der Waals surface area contributed by atoms with Crippen LogP contribution < -0.4 is 19.7 Å². The van der Waals surface area contributed by atoms with Gasteiger partial charge in [0.05, 0.1) is 24.8 Å². The monoisotopic (exact) mass is 396 g/mol. The zero-order valence-corrected chi connectivity index (χ0v) is 17.2. The molecule has 1 N–H and O–H groups in total. The van der Waals surface area contributed by atoms with Gasteiger partial charge >= 0.3 is 0 Å². The largest absolute Gasteiger partial charge is 0.496 e. The van der Waals surface area contributed by atoms with Crippen molar-refractivity contribution in [3.8, 4) is 11.5 Å². The third kappa shape index (κ3) is 5.08. The topological polar surface area (TPSA) is 67.9 Å². The Morgan fingerprint density at radius 3 is 2.55 bits per heavy atom. The Bertz CT molecular complexity index is 865. The Morgan fingerprint density at radius 2 is 1.83 bits per heavy atom. The molecule has 2 aromatic rings. The van der Waals surface area contributed by atoms with Crippen LogP contribution in [0.2, 0.25) is 0 Å². The van der Waals surface area contributed by atoms with Crippen LogP contribution >= 0.6 is 0 Å². The standard InChI is InChI=1S/C23H28N2O4/c1-16(2)29-21-11-7-5-9-19(21)25-15-18(14-22(25)26)23(27)24-13-12-17-8-4-6-10-20(17)28-3/h4-11,16,18H,12-15H2,1-3H3,(H,24,27). The highest BCUT2D eigenvalue weighted by molar-refractivity contribution is 6.01. The number of para-hydroxylation sites is 3. The van der Waals surface area contributed by atoms with Crippen LogP contribution in [0, 0.1) is 5.92 Å². The van der Waals surface area contributed by atoms with Gasteiger partial charge < -0.3 is 19.7 Å². The summed E-state index contributed by atoms with van der Waals surface area (Å²) in [5.74, 6) is 0.943. The average molecular weight is 396 g/mol. The summed E-state index contributed by atoms with van der Waals surface area (Å²) in [6.07, 6.45) is 0.879. The first-order chi connectivity index (χ1) is 14.0. The molecular weight excluding hydrogens is 368 g/mol. The van der Waals surface area contributed by atoms with Gasteiger partial charge in [-0.3, -0.25) is 9.59 Å². The molecule has 1 fully saturated rings. The van der Waals surface area contributed by atoms with Crippen LogP contribution in [0.3, 0.4) is 0 Å². The molecule has 0 bridgehead atoms. The quantitative estimate of drug-likeness (QED) is 0.744. The first kappa shape index (κ1) is 20.7. The molecule has 0 spiro atoms. The van der Waals surface area contributed by atoms with E-state index in [0.29, 0.717) is 25.3 Å². The molecule has 6 nitrogen and oxygen atoms in total. The Labute approximate surface area is 171 Å². The smallest absolute Gasteiger partial charge is 0.227 e. The first-order valence-electron chi connectivity index (χ1n) is 9.95. The summed E-state index contributed by atoms with van der Waals surface area (Å²) >= 11 is 0. The van der Waals surface area contributed by atoms with Gasteiger partial charge in [-0.25, -0.2) is 0 Å². The van der Waals surface area contributed by atoms with Gasteiger partial charge in [-0.05, 0) is 44.0 Å². The van der Waals surface area contributed by atoms with E-state index < -0.39 is 0 Å². The van der Waals surface area contributed by atoms with Crippen molar-refractivity contribution in [3.05, 3.63) is 54.1 Å². The summed E-state index contributed by atoms with van der Waals surface area (Å²) in [5.41, 5.74) is 1.76. The molecule has 1 saturated heterocycles. The van der Waals surface area contributed by atoms with Gasteiger partial charge in [0.15, 0.2) is 0 Å². The van der Waals surface area contributed by atoms with Crippen molar-refractivity contribution < 1.29 is 19.1 Å². The van der Waals surface area contributed by atoms with Crippen molar-refractivity contribution in [2.45, 2.75) is 32.8 Å².